The Morgan fingerprint density at radius 1 is 0.593 bits per heavy atom. The Bertz CT molecular complexity index is 3010. The smallest absolute Gasteiger partial charge is 0.334 e. The van der Waals surface area contributed by atoms with Gasteiger partial charge >= 0.3 is 6.03 Å². The normalized spacial score (nSPS) is 14.1. The van der Waals surface area contributed by atoms with Crippen LogP contribution < -0.4 is 75.5 Å². The van der Waals surface area contributed by atoms with E-state index in [0.29, 0.717) is 16.7 Å². The maximum absolute atomic E-state index is 14.1. The number of fused-ring (bicyclic) bond motifs is 1. The maximum atomic E-state index is 14.1. The molecule has 0 aliphatic heterocycles. The number of aromatic hydroxyl groups is 1. The van der Waals surface area contributed by atoms with Gasteiger partial charge in [0.15, 0.2) is 5.96 Å². The summed E-state index contributed by atoms with van der Waals surface area (Å²) in [7, 11) is 1.54. The van der Waals surface area contributed by atoms with Crippen molar-refractivity contribution >= 4 is 82.0 Å². The summed E-state index contributed by atoms with van der Waals surface area (Å²) in [5.74, 6) is -10.1. The molecule has 4 rings (SSSR count). The number of urea groups is 1. The zero-order valence-corrected chi connectivity index (χ0v) is 48.2. The third kappa shape index (κ3) is 22.7. The summed E-state index contributed by atoms with van der Waals surface area (Å²) in [4.78, 5) is 150. The molecule has 0 unspecified atom stereocenters. The summed E-state index contributed by atoms with van der Waals surface area (Å²) in [6.45, 7) is 4.91. The Kier molecular flexibility index (Phi) is 27.2. The number of amides is 12. The topological polar surface area (TPSA) is 484 Å². The number of aromatic nitrogens is 1. The van der Waals surface area contributed by atoms with Crippen molar-refractivity contribution in [3.8, 4) is 5.75 Å². The summed E-state index contributed by atoms with van der Waals surface area (Å²) in [6.07, 6.45) is -1.04. The minimum atomic E-state index is -1.91. The Labute approximate surface area is 495 Å². The van der Waals surface area contributed by atoms with Gasteiger partial charge in [-0.2, -0.15) is 0 Å². The van der Waals surface area contributed by atoms with Crippen LogP contribution in [-0.2, 0) is 67.2 Å². The summed E-state index contributed by atoms with van der Waals surface area (Å²) in [5, 5.41) is 64.1. The third-order valence-corrected chi connectivity index (χ3v) is 13.1. The minimum absolute atomic E-state index is 0.00178. The fourth-order valence-corrected chi connectivity index (χ4v) is 8.72. The molecular formula is C56H78N16O14. The zero-order valence-electron chi connectivity index (χ0n) is 48.2. The van der Waals surface area contributed by atoms with Gasteiger partial charge in [-0.1, -0.05) is 74.5 Å². The number of guanidine groups is 1. The summed E-state index contributed by atoms with van der Waals surface area (Å²) >= 11 is 0. The molecular weight excluding hydrogens is 1120 g/mol. The Balaban J connectivity index is 1.47. The Morgan fingerprint density at radius 3 is 1.74 bits per heavy atom. The van der Waals surface area contributed by atoms with E-state index >= 15 is 0 Å². The molecule has 0 radical (unpaired) electrons. The molecule has 21 N–H and O–H groups in total. The van der Waals surface area contributed by atoms with Crippen molar-refractivity contribution in [2.24, 2.45) is 17.4 Å². The average molecular weight is 1200 g/mol. The summed E-state index contributed by atoms with van der Waals surface area (Å²) in [6, 6.07) is 7.75. The highest BCUT2D eigenvalue weighted by molar-refractivity contribution is 5.99. The van der Waals surface area contributed by atoms with Gasteiger partial charge in [0.1, 0.15) is 54.1 Å². The molecule has 1 heterocycles. The quantitative estimate of drug-likeness (QED) is 0.00969. The van der Waals surface area contributed by atoms with Crippen molar-refractivity contribution in [3.63, 3.8) is 0 Å². The number of aliphatic hydroxyl groups is 2. The van der Waals surface area contributed by atoms with E-state index in [-0.39, 0.29) is 62.7 Å². The highest BCUT2D eigenvalue weighted by atomic mass is 16.3. The number of carbonyl (C=O) groups excluding carboxylic acids is 11. The Morgan fingerprint density at radius 2 is 1.14 bits per heavy atom. The van der Waals surface area contributed by atoms with Crippen LogP contribution in [0.5, 0.6) is 5.75 Å². The first kappa shape index (κ1) is 68.7. The van der Waals surface area contributed by atoms with Crippen molar-refractivity contribution in [3.05, 3.63) is 102 Å². The minimum Gasteiger partial charge on any atom is -0.508 e. The molecule has 466 valence electrons. The van der Waals surface area contributed by atoms with Crippen LogP contribution >= 0.6 is 0 Å². The predicted molar refractivity (Wildman–Crippen MR) is 312 cm³/mol. The van der Waals surface area contributed by atoms with Crippen LogP contribution in [-0.4, -0.2) is 166 Å². The van der Waals surface area contributed by atoms with Gasteiger partial charge in [-0.3, -0.25) is 58.8 Å². The number of phenols is 1. The van der Waals surface area contributed by atoms with E-state index < -0.39 is 133 Å². The van der Waals surface area contributed by atoms with Crippen molar-refractivity contribution in [1.29, 1.82) is 5.41 Å². The van der Waals surface area contributed by atoms with Gasteiger partial charge in [-0.25, -0.2) is 10.2 Å². The SMILES string of the molecule is CNC(=N)NCCC[C@H](NC(=O)[C@H](CC(C)C)NC(=O)NNC(=O)[C@H](Cc1ccccc1)NC(=O)[C@@H](NC(=O)[C@H](CC(N)=O)NC(=O)[C@@H](CO)NC(=O)[C@@H](Cc1ccc(O)cc1)NC(C)=O)[C@@H](C)O)C(=O)N[C@@H](Cc1c[nH]c2ccccc12)C(N)=O. The van der Waals surface area contributed by atoms with Crippen LogP contribution in [0.3, 0.4) is 0 Å². The number of hydrogen-bond donors (Lipinski definition) is 19. The standard InChI is InChI=1S/C56H78N16O14/c1-29(2)22-40(49(80)64-38(16-11-21-61-55(59)60-5)48(79)65-39(47(58)78)25-34-27-62-37-15-10-9-14-36(34)37)69-56(86)72-71-53(84)42(23-32-12-7-6-8-13-32)67-54(85)46(30(3)74)70-51(82)43(26-45(57)77)66-52(83)44(28-73)68-50(81)41(63-31(4)75)24-33-17-19-35(76)20-18-33/h6-10,12-15,17-20,27,29-30,38-44,46,62,73-74,76H,11,16,21-26,28H2,1-5H3,(H2,57,77)(H2,58,78)(H,63,75)(H,64,80)(H,65,79)(H,66,83)(H,67,85)(H,68,81)(H,70,82)(H,71,84)(H3,59,60,61)(H2,69,72,86)/t30-,38+,39+,40+,41-,42+,43+,44-,46+/m1/s1. The molecule has 0 saturated carbocycles. The number of para-hydroxylation sites is 1. The van der Waals surface area contributed by atoms with Crippen LogP contribution in [0.15, 0.2) is 85.1 Å². The van der Waals surface area contributed by atoms with Crippen LogP contribution in [0, 0.1) is 11.3 Å². The number of carbonyl (C=O) groups is 11. The van der Waals surface area contributed by atoms with E-state index in [9.17, 15) is 68.1 Å². The van der Waals surface area contributed by atoms with Crippen molar-refractivity contribution in [2.75, 3.05) is 20.2 Å². The number of nitrogens with one attached hydrogen (secondary N) is 14. The highest BCUT2D eigenvalue weighted by Crippen LogP contribution is 2.20. The number of aliphatic hydroxyl groups excluding tert-OH is 2. The molecule has 0 fully saturated rings. The molecule has 9 atom stereocenters. The molecule has 86 heavy (non-hydrogen) atoms. The lowest BCUT2D eigenvalue weighted by Gasteiger charge is -2.27. The van der Waals surface area contributed by atoms with Gasteiger partial charge in [-0.05, 0) is 67.0 Å². The number of aromatic amines is 1. The highest BCUT2D eigenvalue weighted by Gasteiger charge is 2.36. The lowest BCUT2D eigenvalue weighted by Crippen LogP contribution is -2.63. The summed E-state index contributed by atoms with van der Waals surface area (Å²) < 4.78 is 0. The average Bonchev–Trinajstić information content (AvgIpc) is 3.88. The third-order valence-electron chi connectivity index (χ3n) is 13.1. The first-order valence-corrected chi connectivity index (χ1v) is 27.5. The molecule has 0 saturated heterocycles. The van der Waals surface area contributed by atoms with E-state index in [1.807, 2.05) is 24.3 Å². The van der Waals surface area contributed by atoms with Gasteiger partial charge in [0, 0.05) is 56.9 Å². The number of hydrogen-bond acceptors (Lipinski definition) is 15. The maximum Gasteiger partial charge on any atom is 0.334 e. The van der Waals surface area contributed by atoms with Gasteiger partial charge in [0.25, 0.3) is 5.91 Å². The number of nitrogens with two attached hydrogens (primary N) is 2. The molecule has 1 aromatic heterocycles. The number of rotatable bonds is 32. The monoisotopic (exact) mass is 1200 g/mol. The first-order chi connectivity index (χ1) is 40.8. The fraction of sp³-hybridized carbons (Fsp3) is 0.429. The second-order valence-corrected chi connectivity index (χ2v) is 20.6. The van der Waals surface area contributed by atoms with E-state index in [2.05, 4.69) is 69.0 Å². The number of hydrazine groups is 1. The molecule has 0 bridgehead atoms. The van der Waals surface area contributed by atoms with Gasteiger partial charge in [-0.15, -0.1) is 0 Å². The number of benzene rings is 3. The van der Waals surface area contributed by atoms with Gasteiger partial charge in [0.2, 0.25) is 53.2 Å². The second-order valence-electron chi connectivity index (χ2n) is 20.6. The second kappa shape index (κ2) is 34.1. The van der Waals surface area contributed by atoms with Crippen LogP contribution in [0.4, 0.5) is 4.79 Å². The van der Waals surface area contributed by atoms with E-state index in [0.717, 1.165) is 24.8 Å². The van der Waals surface area contributed by atoms with Crippen molar-refractivity contribution < 1.29 is 68.1 Å². The molecule has 3 aromatic carbocycles. The van der Waals surface area contributed by atoms with E-state index in [1.165, 1.54) is 31.3 Å². The number of H-pyrrole nitrogens is 1. The molecule has 4 aromatic rings. The molecule has 0 aliphatic rings. The zero-order chi connectivity index (χ0) is 63.6. The van der Waals surface area contributed by atoms with Gasteiger partial charge < -0.3 is 84.9 Å². The molecule has 0 aliphatic carbocycles. The number of phenolic OH excluding ortho intramolecular Hbond substituents is 1. The molecule has 0 spiro atoms. The lowest BCUT2D eigenvalue weighted by atomic mass is 10.0. The molecule has 12 amide bonds. The molecule has 30 heteroatoms. The lowest BCUT2D eigenvalue weighted by molar-refractivity contribution is -0.137. The summed E-state index contributed by atoms with van der Waals surface area (Å²) in [5.41, 5.74) is 18.0. The largest absolute Gasteiger partial charge is 0.508 e. The van der Waals surface area contributed by atoms with Gasteiger partial charge in [0.05, 0.1) is 19.1 Å². The molecule has 30 nitrogen and oxygen atoms in total. The Hall–Kier alpha value is -9.84. The number of primary amides is 2. The van der Waals surface area contributed by atoms with E-state index in [1.54, 1.807) is 50.4 Å². The first-order valence-electron chi connectivity index (χ1n) is 27.5. The fourth-order valence-electron chi connectivity index (χ4n) is 8.72. The predicted octanol–water partition coefficient (Wildman–Crippen LogP) is -3.68. The van der Waals surface area contributed by atoms with Crippen molar-refractivity contribution in [2.45, 2.75) is 127 Å². The van der Waals surface area contributed by atoms with E-state index in [4.69, 9.17) is 16.9 Å². The van der Waals surface area contributed by atoms with Crippen LogP contribution in [0.25, 0.3) is 10.9 Å². The van der Waals surface area contributed by atoms with Crippen molar-refractivity contribution in [1.82, 2.24) is 69.0 Å². The van der Waals surface area contributed by atoms with Crippen LogP contribution in [0.2, 0.25) is 0 Å². The van der Waals surface area contributed by atoms with Crippen LogP contribution in [0.1, 0.15) is 70.1 Å².